The molecule has 0 saturated carbocycles. The summed E-state index contributed by atoms with van der Waals surface area (Å²) in [5, 5.41) is 0.507. The molecule has 28 heavy (non-hydrogen) atoms. The number of fused-ring (bicyclic) bond motifs is 1. The van der Waals surface area contributed by atoms with Crippen LogP contribution >= 0.6 is 0 Å². The normalized spacial score (nSPS) is 11.6. The molecule has 0 amide bonds. The third-order valence-electron chi connectivity index (χ3n) is 4.68. The Kier molecular flexibility index (Phi) is 5.21. The topological polar surface area (TPSA) is 85.6 Å². The lowest BCUT2D eigenvalue weighted by Gasteiger charge is -2.13. The highest BCUT2D eigenvalue weighted by Gasteiger charge is 2.22. The first-order valence-electron chi connectivity index (χ1n) is 8.95. The van der Waals surface area contributed by atoms with E-state index in [0.29, 0.717) is 33.5 Å². The van der Waals surface area contributed by atoms with E-state index in [1.807, 2.05) is 19.9 Å². The first-order valence-corrected chi connectivity index (χ1v) is 10.4. The van der Waals surface area contributed by atoms with Gasteiger partial charge in [0.15, 0.2) is 0 Å². The summed E-state index contributed by atoms with van der Waals surface area (Å²) < 4.78 is 39.1. The fourth-order valence-electron chi connectivity index (χ4n) is 3.17. The SMILES string of the molecule is CCOC(=O)c1c(C)oc2ccc(NS(=O)(=O)c3cc(C)c(C)cc3C)cc12. The Morgan fingerprint density at radius 3 is 2.39 bits per heavy atom. The van der Waals surface area contributed by atoms with Gasteiger partial charge in [-0.25, -0.2) is 13.2 Å². The summed E-state index contributed by atoms with van der Waals surface area (Å²) in [7, 11) is -3.79. The van der Waals surface area contributed by atoms with E-state index >= 15 is 0 Å². The number of nitrogens with one attached hydrogen (secondary N) is 1. The van der Waals surface area contributed by atoms with Crippen LogP contribution in [-0.2, 0) is 14.8 Å². The molecule has 6 nitrogen and oxygen atoms in total. The molecule has 3 rings (SSSR count). The molecule has 7 heteroatoms. The molecule has 0 radical (unpaired) electrons. The third kappa shape index (κ3) is 3.62. The van der Waals surface area contributed by atoms with Crippen molar-refractivity contribution >= 4 is 32.6 Å². The highest BCUT2D eigenvalue weighted by atomic mass is 32.2. The predicted octanol–water partition coefficient (Wildman–Crippen LogP) is 4.64. The lowest BCUT2D eigenvalue weighted by molar-refractivity contribution is 0.0526. The zero-order valence-electron chi connectivity index (χ0n) is 16.5. The van der Waals surface area contributed by atoms with Crippen molar-refractivity contribution in [2.75, 3.05) is 11.3 Å². The van der Waals surface area contributed by atoms with E-state index in [9.17, 15) is 13.2 Å². The monoisotopic (exact) mass is 401 g/mol. The van der Waals surface area contributed by atoms with Gasteiger partial charge in [-0.3, -0.25) is 4.72 Å². The van der Waals surface area contributed by atoms with E-state index in [2.05, 4.69) is 4.72 Å². The number of furan rings is 1. The molecule has 0 saturated heterocycles. The number of sulfonamides is 1. The molecule has 0 unspecified atom stereocenters. The molecule has 0 fully saturated rings. The number of aryl methyl sites for hydroxylation is 4. The molecule has 1 aromatic heterocycles. The van der Waals surface area contributed by atoms with Crippen LogP contribution in [0.5, 0.6) is 0 Å². The van der Waals surface area contributed by atoms with E-state index in [0.717, 1.165) is 11.1 Å². The molecule has 0 atom stereocenters. The van der Waals surface area contributed by atoms with Crippen LogP contribution in [0, 0.1) is 27.7 Å². The van der Waals surface area contributed by atoms with E-state index in [4.69, 9.17) is 9.15 Å². The number of hydrogen-bond acceptors (Lipinski definition) is 5. The van der Waals surface area contributed by atoms with Crippen molar-refractivity contribution < 1.29 is 22.4 Å². The van der Waals surface area contributed by atoms with Crippen LogP contribution in [0.4, 0.5) is 5.69 Å². The minimum absolute atomic E-state index is 0.227. The van der Waals surface area contributed by atoms with Crippen molar-refractivity contribution in [3.05, 3.63) is 58.3 Å². The second kappa shape index (κ2) is 7.31. The first kappa shape index (κ1) is 19.9. The highest BCUT2D eigenvalue weighted by Crippen LogP contribution is 2.30. The van der Waals surface area contributed by atoms with Crippen molar-refractivity contribution in [3.8, 4) is 0 Å². The number of carbonyl (C=O) groups is 1. The average Bonchev–Trinajstić information content (AvgIpc) is 2.93. The fraction of sp³-hybridized carbons (Fsp3) is 0.286. The number of ether oxygens (including phenoxy) is 1. The Morgan fingerprint density at radius 2 is 1.71 bits per heavy atom. The largest absolute Gasteiger partial charge is 0.462 e. The van der Waals surface area contributed by atoms with Gasteiger partial charge in [-0.2, -0.15) is 0 Å². The number of benzene rings is 2. The second-order valence-corrected chi connectivity index (χ2v) is 8.42. The summed E-state index contributed by atoms with van der Waals surface area (Å²) in [6.07, 6.45) is 0. The molecule has 0 aliphatic heterocycles. The number of esters is 1. The predicted molar refractivity (Wildman–Crippen MR) is 108 cm³/mol. The van der Waals surface area contributed by atoms with Gasteiger partial charge in [0, 0.05) is 11.1 Å². The van der Waals surface area contributed by atoms with E-state index < -0.39 is 16.0 Å². The van der Waals surface area contributed by atoms with Crippen LogP contribution in [0.1, 0.15) is 39.7 Å². The van der Waals surface area contributed by atoms with Gasteiger partial charge in [-0.05, 0) is 75.6 Å². The summed E-state index contributed by atoms with van der Waals surface area (Å²) in [6, 6.07) is 8.35. The molecule has 3 aromatic rings. The molecule has 2 aromatic carbocycles. The molecule has 0 spiro atoms. The minimum Gasteiger partial charge on any atom is -0.462 e. The maximum Gasteiger partial charge on any atom is 0.342 e. The number of carbonyl (C=O) groups excluding carboxylic acids is 1. The quantitative estimate of drug-likeness (QED) is 0.629. The van der Waals surface area contributed by atoms with Gasteiger partial charge in [0.05, 0.1) is 11.5 Å². The van der Waals surface area contributed by atoms with Gasteiger partial charge in [-0.15, -0.1) is 0 Å². The highest BCUT2D eigenvalue weighted by molar-refractivity contribution is 7.92. The van der Waals surface area contributed by atoms with Crippen molar-refractivity contribution in [3.63, 3.8) is 0 Å². The number of rotatable bonds is 5. The van der Waals surface area contributed by atoms with Crippen LogP contribution in [0.25, 0.3) is 11.0 Å². The molecular formula is C21H23NO5S. The van der Waals surface area contributed by atoms with E-state index in [1.54, 1.807) is 45.0 Å². The van der Waals surface area contributed by atoms with Crippen LogP contribution < -0.4 is 4.72 Å². The van der Waals surface area contributed by atoms with Gasteiger partial charge in [0.25, 0.3) is 10.0 Å². The van der Waals surface area contributed by atoms with Gasteiger partial charge < -0.3 is 9.15 Å². The minimum atomic E-state index is -3.79. The van der Waals surface area contributed by atoms with Crippen molar-refractivity contribution in [2.24, 2.45) is 0 Å². The smallest absolute Gasteiger partial charge is 0.342 e. The van der Waals surface area contributed by atoms with Crippen molar-refractivity contribution in [1.82, 2.24) is 0 Å². The zero-order valence-corrected chi connectivity index (χ0v) is 17.4. The summed E-state index contributed by atoms with van der Waals surface area (Å²) in [6.45, 7) is 9.22. The molecule has 0 aliphatic rings. The Bertz CT molecular complexity index is 1180. The summed E-state index contributed by atoms with van der Waals surface area (Å²) >= 11 is 0. The van der Waals surface area contributed by atoms with Gasteiger partial charge in [-0.1, -0.05) is 6.07 Å². The molecule has 1 N–H and O–H groups in total. The van der Waals surface area contributed by atoms with Crippen molar-refractivity contribution in [1.29, 1.82) is 0 Å². The van der Waals surface area contributed by atoms with E-state index in [1.165, 1.54) is 0 Å². The van der Waals surface area contributed by atoms with Gasteiger partial charge in [0.2, 0.25) is 0 Å². The Balaban J connectivity index is 2.04. The first-order chi connectivity index (χ1) is 13.1. The lowest BCUT2D eigenvalue weighted by atomic mass is 10.1. The average molecular weight is 401 g/mol. The Labute approximate surface area is 164 Å². The summed E-state index contributed by atoms with van der Waals surface area (Å²) in [5.74, 6) is -0.0674. The van der Waals surface area contributed by atoms with Gasteiger partial charge in [0.1, 0.15) is 16.9 Å². The Morgan fingerprint density at radius 1 is 1.04 bits per heavy atom. The van der Waals surface area contributed by atoms with Crippen LogP contribution in [0.2, 0.25) is 0 Å². The molecule has 1 heterocycles. The number of hydrogen-bond donors (Lipinski definition) is 1. The molecule has 0 bridgehead atoms. The third-order valence-corrected chi connectivity index (χ3v) is 6.20. The summed E-state index contributed by atoms with van der Waals surface area (Å²) in [5.41, 5.74) is 3.74. The zero-order chi connectivity index (χ0) is 20.6. The Hall–Kier alpha value is -2.80. The maximum absolute atomic E-state index is 12.9. The fourth-order valence-corrected chi connectivity index (χ4v) is 4.54. The van der Waals surface area contributed by atoms with Crippen LogP contribution in [0.15, 0.2) is 39.6 Å². The second-order valence-electron chi connectivity index (χ2n) is 6.77. The van der Waals surface area contributed by atoms with Crippen LogP contribution in [0.3, 0.4) is 0 Å². The van der Waals surface area contributed by atoms with E-state index in [-0.39, 0.29) is 11.5 Å². The molecule has 148 valence electrons. The molecule has 0 aliphatic carbocycles. The maximum atomic E-state index is 12.9. The number of anilines is 1. The van der Waals surface area contributed by atoms with Crippen molar-refractivity contribution in [2.45, 2.75) is 39.5 Å². The standard InChI is InChI=1S/C21H23NO5S/c1-6-26-21(23)20-15(5)27-18-8-7-16(11-17(18)20)22-28(24,25)19-10-13(3)12(2)9-14(19)4/h7-11,22H,6H2,1-5H3. The van der Waals surface area contributed by atoms with Gasteiger partial charge >= 0.3 is 5.97 Å². The summed E-state index contributed by atoms with van der Waals surface area (Å²) in [4.78, 5) is 12.5. The lowest BCUT2D eigenvalue weighted by Crippen LogP contribution is -2.15. The van der Waals surface area contributed by atoms with Crippen LogP contribution in [-0.4, -0.2) is 21.0 Å². The molecular weight excluding hydrogens is 378 g/mol.